The Hall–Kier alpha value is -2.12. The molecule has 0 saturated carbocycles. The van der Waals surface area contributed by atoms with Crippen LogP contribution in [0.3, 0.4) is 0 Å². The van der Waals surface area contributed by atoms with Crippen LogP contribution in [0, 0.1) is 6.92 Å². The van der Waals surface area contributed by atoms with Gasteiger partial charge in [0.05, 0.1) is 0 Å². The Bertz CT molecular complexity index is 576. The van der Waals surface area contributed by atoms with E-state index in [1.807, 2.05) is 6.92 Å². The van der Waals surface area contributed by atoms with Crippen molar-refractivity contribution in [2.24, 2.45) is 0 Å². The quantitative estimate of drug-likeness (QED) is 0.931. The molecule has 19 heavy (non-hydrogen) atoms. The number of aromatic nitrogens is 4. The van der Waals surface area contributed by atoms with Gasteiger partial charge in [0.25, 0.3) is 0 Å². The molecule has 2 rings (SSSR count). The van der Waals surface area contributed by atoms with Gasteiger partial charge in [0.2, 0.25) is 0 Å². The summed E-state index contributed by atoms with van der Waals surface area (Å²) in [6, 6.07) is 0.911. The minimum atomic E-state index is -4.46. The van der Waals surface area contributed by atoms with Gasteiger partial charge in [0, 0.05) is 18.3 Å². The second-order valence-electron chi connectivity index (χ2n) is 3.84. The monoisotopic (exact) mass is 271 g/mol. The van der Waals surface area contributed by atoms with Gasteiger partial charge in [0.15, 0.2) is 11.5 Å². The van der Waals surface area contributed by atoms with Crippen LogP contribution in [0.1, 0.15) is 18.2 Å². The van der Waals surface area contributed by atoms with Gasteiger partial charge < -0.3 is 5.32 Å². The van der Waals surface area contributed by atoms with Gasteiger partial charge >= 0.3 is 6.18 Å². The lowest BCUT2D eigenvalue weighted by atomic mass is 10.3. The lowest BCUT2D eigenvalue weighted by molar-refractivity contribution is -0.141. The average Bonchev–Trinajstić information content (AvgIpc) is 2.81. The molecule has 2 aromatic heterocycles. The summed E-state index contributed by atoms with van der Waals surface area (Å²) >= 11 is 0. The molecule has 0 aliphatic carbocycles. The van der Waals surface area contributed by atoms with Crippen LogP contribution < -0.4 is 5.32 Å². The zero-order chi connectivity index (χ0) is 14.0. The zero-order valence-corrected chi connectivity index (χ0v) is 10.4. The summed E-state index contributed by atoms with van der Waals surface area (Å²) in [4.78, 5) is 7.99. The van der Waals surface area contributed by atoms with Gasteiger partial charge in [0.1, 0.15) is 12.1 Å². The number of nitrogens with zero attached hydrogens (tertiary/aromatic N) is 4. The Kier molecular flexibility index (Phi) is 3.41. The Balaban J connectivity index is 2.42. The molecule has 0 radical (unpaired) electrons. The first-order valence-corrected chi connectivity index (χ1v) is 5.62. The predicted octanol–water partition coefficient (Wildman–Crippen LogP) is 2.42. The smallest absolute Gasteiger partial charge is 0.370 e. The number of nitrogens with one attached hydrogen (secondary N) is 1. The van der Waals surface area contributed by atoms with E-state index in [1.54, 1.807) is 6.92 Å². The summed E-state index contributed by atoms with van der Waals surface area (Å²) in [7, 11) is 0. The first kappa shape index (κ1) is 13.3. The number of hydrogen-bond donors (Lipinski definition) is 1. The fourth-order valence-corrected chi connectivity index (χ4v) is 1.61. The van der Waals surface area contributed by atoms with E-state index >= 15 is 0 Å². The van der Waals surface area contributed by atoms with Crippen LogP contribution in [0.4, 0.5) is 19.0 Å². The fraction of sp³-hybridized carbons (Fsp3) is 0.364. The molecule has 2 heterocycles. The number of rotatable bonds is 3. The highest BCUT2D eigenvalue weighted by Gasteiger charge is 2.33. The average molecular weight is 271 g/mol. The summed E-state index contributed by atoms with van der Waals surface area (Å²) in [5.74, 6) is 0.901. The number of hydrogen-bond acceptors (Lipinski definition) is 4. The van der Waals surface area contributed by atoms with E-state index in [4.69, 9.17) is 0 Å². The van der Waals surface area contributed by atoms with Gasteiger partial charge in [-0.2, -0.15) is 18.3 Å². The van der Waals surface area contributed by atoms with E-state index in [0.29, 0.717) is 23.7 Å². The molecule has 1 N–H and O–H groups in total. The van der Waals surface area contributed by atoms with Crippen LogP contribution in [0.15, 0.2) is 18.6 Å². The van der Waals surface area contributed by atoms with Crippen molar-refractivity contribution in [3.8, 4) is 5.82 Å². The van der Waals surface area contributed by atoms with E-state index in [2.05, 4.69) is 20.4 Å². The Labute approximate surface area is 107 Å². The van der Waals surface area contributed by atoms with Crippen LogP contribution in [-0.4, -0.2) is 26.3 Å². The van der Waals surface area contributed by atoms with Crippen molar-refractivity contribution in [1.29, 1.82) is 0 Å². The molecule has 0 spiro atoms. The minimum absolute atomic E-state index is 0.321. The second-order valence-corrected chi connectivity index (χ2v) is 3.84. The van der Waals surface area contributed by atoms with Gasteiger partial charge in [-0.15, -0.1) is 0 Å². The summed E-state index contributed by atoms with van der Waals surface area (Å²) < 4.78 is 38.6. The van der Waals surface area contributed by atoms with Crippen molar-refractivity contribution in [3.63, 3.8) is 0 Å². The lowest BCUT2D eigenvalue weighted by Gasteiger charge is -2.09. The van der Waals surface area contributed by atoms with Gasteiger partial charge in [-0.3, -0.25) is 0 Å². The maximum atomic E-state index is 12.5. The van der Waals surface area contributed by atoms with Crippen LogP contribution in [0.25, 0.3) is 5.82 Å². The summed E-state index contributed by atoms with van der Waals surface area (Å²) in [5.41, 5.74) is -0.309. The van der Waals surface area contributed by atoms with Crippen LogP contribution in [0.5, 0.6) is 0 Å². The van der Waals surface area contributed by atoms with E-state index in [9.17, 15) is 13.2 Å². The molecule has 0 aliphatic rings. The molecule has 5 nitrogen and oxygen atoms in total. The maximum absolute atomic E-state index is 12.5. The highest BCUT2D eigenvalue weighted by Crippen LogP contribution is 2.28. The topological polar surface area (TPSA) is 55.6 Å². The van der Waals surface area contributed by atoms with Crippen molar-refractivity contribution >= 4 is 5.82 Å². The predicted molar refractivity (Wildman–Crippen MR) is 63.1 cm³/mol. The summed E-state index contributed by atoms with van der Waals surface area (Å²) in [6.07, 6.45) is -1.94. The molecule has 8 heteroatoms. The summed E-state index contributed by atoms with van der Waals surface area (Å²) in [6.45, 7) is 4.28. The third-order valence-electron chi connectivity index (χ3n) is 2.50. The van der Waals surface area contributed by atoms with E-state index < -0.39 is 11.9 Å². The fourth-order valence-electron chi connectivity index (χ4n) is 1.61. The Morgan fingerprint density at radius 1 is 1.32 bits per heavy atom. The van der Waals surface area contributed by atoms with Crippen molar-refractivity contribution in [1.82, 2.24) is 19.7 Å². The molecular weight excluding hydrogens is 259 g/mol. The molecule has 0 unspecified atom stereocenters. The molecular formula is C11H12F3N5. The van der Waals surface area contributed by atoms with Gasteiger partial charge in [-0.1, -0.05) is 0 Å². The lowest BCUT2D eigenvalue weighted by Crippen LogP contribution is -2.10. The van der Waals surface area contributed by atoms with Crippen molar-refractivity contribution in [2.75, 3.05) is 11.9 Å². The molecule has 0 aromatic carbocycles. The van der Waals surface area contributed by atoms with E-state index in [1.165, 1.54) is 12.5 Å². The molecule has 0 saturated heterocycles. The first-order valence-electron chi connectivity index (χ1n) is 5.62. The van der Waals surface area contributed by atoms with Crippen LogP contribution >= 0.6 is 0 Å². The molecule has 0 amide bonds. The highest BCUT2D eigenvalue weighted by atomic mass is 19.4. The third-order valence-corrected chi connectivity index (χ3v) is 2.50. The molecule has 2 aromatic rings. The molecule has 102 valence electrons. The standard InChI is InChI=1S/C11H12F3N5/c1-3-15-9-7(2)10(17-6-16-9)19-5-4-8(18-19)11(12,13)14/h4-6H,3H2,1-2H3,(H,15,16,17). The van der Waals surface area contributed by atoms with E-state index in [0.717, 1.165) is 10.7 Å². The van der Waals surface area contributed by atoms with Crippen molar-refractivity contribution in [2.45, 2.75) is 20.0 Å². The van der Waals surface area contributed by atoms with Gasteiger partial charge in [-0.05, 0) is 19.9 Å². The van der Waals surface area contributed by atoms with Crippen LogP contribution in [-0.2, 0) is 6.18 Å². The van der Waals surface area contributed by atoms with E-state index in [-0.39, 0.29) is 0 Å². The van der Waals surface area contributed by atoms with Gasteiger partial charge in [-0.25, -0.2) is 14.6 Å². The number of halogens is 3. The first-order chi connectivity index (χ1) is 8.93. The highest BCUT2D eigenvalue weighted by molar-refractivity contribution is 5.50. The Morgan fingerprint density at radius 2 is 2.05 bits per heavy atom. The molecule has 0 bridgehead atoms. The Morgan fingerprint density at radius 3 is 2.63 bits per heavy atom. The minimum Gasteiger partial charge on any atom is -0.370 e. The van der Waals surface area contributed by atoms with Crippen molar-refractivity contribution in [3.05, 3.63) is 29.8 Å². The molecule has 0 aliphatic heterocycles. The largest absolute Gasteiger partial charge is 0.435 e. The SMILES string of the molecule is CCNc1ncnc(-n2ccc(C(F)(F)F)n2)c1C. The van der Waals surface area contributed by atoms with Crippen molar-refractivity contribution < 1.29 is 13.2 Å². The molecule has 0 atom stereocenters. The maximum Gasteiger partial charge on any atom is 0.435 e. The number of anilines is 1. The molecule has 0 fully saturated rings. The zero-order valence-electron chi connectivity index (χ0n) is 10.4. The third kappa shape index (κ3) is 2.67. The second kappa shape index (κ2) is 4.87. The normalized spacial score (nSPS) is 11.6. The number of alkyl halides is 3. The van der Waals surface area contributed by atoms with Crippen LogP contribution in [0.2, 0.25) is 0 Å². The summed E-state index contributed by atoms with van der Waals surface area (Å²) in [5, 5.41) is 6.50.